The molecule has 2 heterocycles. The zero-order chi connectivity index (χ0) is 19.1. The molecule has 0 bridgehead atoms. The number of anilines is 1. The van der Waals surface area contributed by atoms with Gasteiger partial charge in [-0.05, 0) is 62.7 Å². The molecule has 0 aliphatic carbocycles. The van der Waals surface area contributed by atoms with Crippen molar-refractivity contribution in [2.75, 3.05) is 25.0 Å². The maximum atomic E-state index is 12.3. The van der Waals surface area contributed by atoms with Crippen molar-refractivity contribution in [3.63, 3.8) is 0 Å². The van der Waals surface area contributed by atoms with Gasteiger partial charge in [0.1, 0.15) is 0 Å². The summed E-state index contributed by atoms with van der Waals surface area (Å²) in [5.41, 5.74) is 3.02. The molecule has 2 aromatic rings. The van der Waals surface area contributed by atoms with E-state index in [1.54, 1.807) is 12.4 Å². The summed E-state index contributed by atoms with van der Waals surface area (Å²) in [6.07, 6.45) is 5.00. The number of hydrogen-bond acceptors (Lipinski definition) is 4. The number of benzene rings is 1. The van der Waals surface area contributed by atoms with Gasteiger partial charge in [-0.1, -0.05) is 17.7 Å². The fourth-order valence-corrected chi connectivity index (χ4v) is 3.23. The van der Waals surface area contributed by atoms with E-state index in [1.807, 2.05) is 43.3 Å². The summed E-state index contributed by atoms with van der Waals surface area (Å²) in [7, 11) is 0. The maximum Gasteiger partial charge on any atom is 0.238 e. The van der Waals surface area contributed by atoms with E-state index in [0.717, 1.165) is 42.7 Å². The highest BCUT2D eigenvalue weighted by molar-refractivity contribution is 5.92. The lowest BCUT2D eigenvalue weighted by Crippen LogP contribution is -2.43. The van der Waals surface area contributed by atoms with E-state index in [4.69, 9.17) is 0 Å². The topological polar surface area (TPSA) is 74.3 Å². The fourth-order valence-electron chi connectivity index (χ4n) is 3.23. The highest BCUT2D eigenvalue weighted by atomic mass is 16.2. The molecule has 6 heteroatoms. The molecule has 0 spiro atoms. The third-order valence-corrected chi connectivity index (χ3v) is 4.88. The first-order chi connectivity index (χ1) is 13.1. The Balaban J connectivity index is 1.38. The van der Waals surface area contributed by atoms with Crippen LogP contribution >= 0.6 is 0 Å². The van der Waals surface area contributed by atoms with Crippen molar-refractivity contribution in [1.82, 2.24) is 15.2 Å². The molecule has 0 unspecified atom stereocenters. The van der Waals surface area contributed by atoms with Crippen molar-refractivity contribution in [1.29, 1.82) is 0 Å². The van der Waals surface area contributed by atoms with Crippen LogP contribution in [0.15, 0.2) is 48.8 Å². The van der Waals surface area contributed by atoms with Crippen LogP contribution in [0.1, 0.15) is 24.0 Å². The average molecular weight is 366 g/mol. The molecule has 2 amide bonds. The number of likely N-dealkylation sites (tertiary alicyclic amines) is 1. The number of amides is 2. The largest absolute Gasteiger partial charge is 0.352 e. The molecule has 1 aliphatic heterocycles. The molecule has 1 aromatic carbocycles. The van der Waals surface area contributed by atoms with Crippen LogP contribution < -0.4 is 10.6 Å². The van der Waals surface area contributed by atoms with Crippen LogP contribution in [0.3, 0.4) is 0 Å². The maximum absolute atomic E-state index is 12.3. The van der Waals surface area contributed by atoms with Gasteiger partial charge in [-0.25, -0.2) is 0 Å². The monoisotopic (exact) mass is 366 g/mol. The van der Waals surface area contributed by atoms with Crippen molar-refractivity contribution in [3.05, 3.63) is 59.9 Å². The first kappa shape index (κ1) is 19.0. The van der Waals surface area contributed by atoms with Gasteiger partial charge >= 0.3 is 0 Å². The first-order valence-corrected chi connectivity index (χ1v) is 9.35. The van der Waals surface area contributed by atoms with Crippen molar-refractivity contribution < 1.29 is 9.59 Å². The van der Waals surface area contributed by atoms with Gasteiger partial charge in [-0.3, -0.25) is 19.5 Å². The van der Waals surface area contributed by atoms with Gasteiger partial charge in [0.2, 0.25) is 11.8 Å². The Morgan fingerprint density at radius 3 is 2.41 bits per heavy atom. The summed E-state index contributed by atoms with van der Waals surface area (Å²) in [6.45, 7) is 4.42. The zero-order valence-electron chi connectivity index (χ0n) is 15.6. The Kier molecular flexibility index (Phi) is 6.54. The highest BCUT2D eigenvalue weighted by Gasteiger charge is 2.25. The summed E-state index contributed by atoms with van der Waals surface area (Å²) < 4.78 is 0. The van der Waals surface area contributed by atoms with Crippen molar-refractivity contribution in [2.45, 2.75) is 26.3 Å². The number of pyridine rings is 1. The number of hydrogen-bond donors (Lipinski definition) is 2. The van der Waals surface area contributed by atoms with E-state index in [2.05, 4.69) is 20.5 Å². The van der Waals surface area contributed by atoms with E-state index in [9.17, 15) is 9.59 Å². The van der Waals surface area contributed by atoms with Crippen LogP contribution in [0.4, 0.5) is 5.69 Å². The molecule has 1 saturated heterocycles. The van der Waals surface area contributed by atoms with Crippen LogP contribution in [0.25, 0.3) is 0 Å². The minimum Gasteiger partial charge on any atom is -0.352 e. The van der Waals surface area contributed by atoms with E-state index in [1.165, 1.54) is 0 Å². The van der Waals surface area contributed by atoms with E-state index in [-0.39, 0.29) is 17.7 Å². The van der Waals surface area contributed by atoms with Crippen LogP contribution in [-0.2, 0) is 16.1 Å². The number of nitrogens with zero attached hydrogens (tertiary/aromatic N) is 2. The van der Waals surface area contributed by atoms with Gasteiger partial charge in [0, 0.05) is 30.5 Å². The molecule has 2 N–H and O–H groups in total. The number of rotatable bonds is 6. The lowest BCUT2D eigenvalue weighted by atomic mass is 9.96. The van der Waals surface area contributed by atoms with Crippen LogP contribution in [0, 0.1) is 12.8 Å². The van der Waals surface area contributed by atoms with Gasteiger partial charge in [0.05, 0.1) is 6.54 Å². The van der Waals surface area contributed by atoms with Crippen LogP contribution in [0.2, 0.25) is 0 Å². The van der Waals surface area contributed by atoms with Gasteiger partial charge in [-0.15, -0.1) is 0 Å². The van der Waals surface area contributed by atoms with Crippen molar-refractivity contribution in [3.8, 4) is 0 Å². The van der Waals surface area contributed by atoms with Crippen LogP contribution in [-0.4, -0.2) is 41.3 Å². The molecule has 1 fully saturated rings. The number of carbonyl (C=O) groups excluding carboxylic acids is 2. The molecule has 1 aromatic heterocycles. The molecule has 0 radical (unpaired) electrons. The van der Waals surface area contributed by atoms with E-state index < -0.39 is 0 Å². The van der Waals surface area contributed by atoms with Gasteiger partial charge in [0.15, 0.2) is 0 Å². The van der Waals surface area contributed by atoms with Crippen LogP contribution in [0.5, 0.6) is 0 Å². The third kappa shape index (κ3) is 5.89. The SMILES string of the molecule is Cc1ccc(NC(=O)CN2CCC(C(=O)NCc3ccncc3)CC2)cc1. The second-order valence-corrected chi connectivity index (χ2v) is 7.04. The minimum absolute atomic E-state index is 0.0144. The second-order valence-electron chi connectivity index (χ2n) is 7.04. The standard InChI is InChI=1S/C21H26N4O2/c1-16-2-4-19(5-3-16)24-20(26)15-25-12-8-18(9-13-25)21(27)23-14-17-6-10-22-11-7-17/h2-7,10-11,18H,8-9,12-15H2,1H3,(H,23,27)(H,24,26). The minimum atomic E-state index is -0.0144. The predicted molar refractivity (Wildman–Crippen MR) is 105 cm³/mol. The highest BCUT2D eigenvalue weighted by Crippen LogP contribution is 2.17. The molecule has 27 heavy (non-hydrogen) atoms. The Morgan fingerprint density at radius 1 is 1.07 bits per heavy atom. The number of carbonyl (C=O) groups is 2. The van der Waals surface area contributed by atoms with Crippen molar-refractivity contribution >= 4 is 17.5 Å². The molecule has 1 aliphatic rings. The molecule has 142 valence electrons. The predicted octanol–water partition coefficient (Wildman–Crippen LogP) is 2.36. The molecule has 0 saturated carbocycles. The number of aromatic nitrogens is 1. The number of piperidine rings is 1. The summed E-state index contributed by atoms with van der Waals surface area (Å²) >= 11 is 0. The third-order valence-electron chi connectivity index (χ3n) is 4.88. The number of aryl methyl sites for hydroxylation is 1. The van der Waals surface area contributed by atoms with Gasteiger partial charge < -0.3 is 10.6 Å². The fraction of sp³-hybridized carbons (Fsp3) is 0.381. The van der Waals surface area contributed by atoms with E-state index in [0.29, 0.717) is 13.1 Å². The second kappa shape index (κ2) is 9.28. The summed E-state index contributed by atoms with van der Waals surface area (Å²) in [4.78, 5) is 30.6. The lowest BCUT2D eigenvalue weighted by molar-refractivity contribution is -0.126. The molecular weight excluding hydrogens is 340 g/mol. The molecule has 0 atom stereocenters. The molecule has 6 nitrogen and oxygen atoms in total. The Bertz CT molecular complexity index is 754. The Hall–Kier alpha value is -2.73. The summed E-state index contributed by atoms with van der Waals surface area (Å²) in [5, 5.41) is 5.92. The Labute approximate surface area is 160 Å². The quantitative estimate of drug-likeness (QED) is 0.823. The number of nitrogens with one attached hydrogen (secondary N) is 2. The smallest absolute Gasteiger partial charge is 0.238 e. The van der Waals surface area contributed by atoms with Gasteiger partial charge in [0.25, 0.3) is 0 Å². The summed E-state index contributed by atoms with van der Waals surface area (Å²) in [6, 6.07) is 11.6. The van der Waals surface area contributed by atoms with Gasteiger partial charge in [-0.2, -0.15) is 0 Å². The Morgan fingerprint density at radius 2 is 1.74 bits per heavy atom. The lowest BCUT2D eigenvalue weighted by Gasteiger charge is -2.30. The van der Waals surface area contributed by atoms with E-state index >= 15 is 0 Å². The molecule has 3 rings (SSSR count). The zero-order valence-corrected chi connectivity index (χ0v) is 15.6. The normalized spacial score (nSPS) is 15.3. The first-order valence-electron chi connectivity index (χ1n) is 9.35. The van der Waals surface area contributed by atoms with Crippen molar-refractivity contribution in [2.24, 2.45) is 5.92 Å². The summed E-state index contributed by atoms with van der Waals surface area (Å²) in [5.74, 6) is 0.0956. The average Bonchev–Trinajstić information content (AvgIpc) is 2.69. The molecular formula is C21H26N4O2.